The number of nitrogen functional groups attached to an aromatic ring is 1. The number of nitrogens with one attached hydrogen (secondary N) is 1. The van der Waals surface area contributed by atoms with Crippen LogP contribution in [0.4, 0.5) is 18.9 Å². The van der Waals surface area contributed by atoms with E-state index in [4.69, 9.17) is 5.73 Å². The Morgan fingerprint density at radius 2 is 2.12 bits per heavy atom. The number of carbonyl (C=O) groups is 1. The molecule has 1 amide bonds. The monoisotopic (exact) mass is 266 g/mol. The van der Waals surface area contributed by atoms with Gasteiger partial charge in [-0.1, -0.05) is 0 Å². The minimum Gasteiger partial charge on any atom is -0.397 e. The number of hydrogen-bond donors (Lipinski definition) is 2. The lowest BCUT2D eigenvalue weighted by molar-refractivity contribution is -0.135. The standard InChI is InChI=1S/C10H13F3N2OS/c11-10(12,13)4-1-2-5-15-9(16)8-7(14)3-6-17-8/h3,6H,1-2,4-5,14H2,(H,15,16). The van der Waals surface area contributed by atoms with Gasteiger partial charge in [-0.15, -0.1) is 11.3 Å². The Balaban J connectivity index is 2.20. The molecular formula is C10H13F3N2OS. The number of thiophene rings is 1. The number of hydrogen-bond acceptors (Lipinski definition) is 3. The first-order valence-electron chi connectivity index (χ1n) is 5.08. The fraction of sp³-hybridized carbons (Fsp3) is 0.500. The van der Waals surface area contributed by atoms with Crippen LogP contribution in [0, 0.1) is 0 Å². The summed E-state index contributed by atoms with van der Waals surface area (Å²) in [6, 6.07) is 1.61. The van der Waals surface area contributed by atoms with Gasteiger partial charge in [0.2, 0.25) is 0 Å². The van der Waals surface area contributed by atoms with Crippen molar-refractivity contribution < 1.29 is 18.0 Å². The van der Waals surface area contributed by atoms with Crippen molar-refractivity contribution >= 4 is 22.9 Å². The van der Waals surface area contributed by atoms with Crippen LogP contribution in [0.1, 0.15) is 28.9 Å². The van der Waals surface area contributed by atoms with Gasteiger partial charge in [-0.3, -0.25) is 4.79 Å². The zero-order valence-electron chi connectivity index (χ0n) is 9.01. The highest BCUT2D eigenvalue weighted by Gasteiger charge is 2.25. The number of amides is 1. The van der Waals surface area contributed by atoms with E-state index in [2.05, 4.69) is 5.32 Å². The molecule has 1 heterocycles. The van der Waals surface area contributed by atoms with Crippen LogP contribution in [0.15, 0.2) is 11.4 Å². The van der Waals surface area contributed by atoms with Crippen LogP contribution in [-0.4, -0.2) is 18.6 Å². The maximum Gasteiger partial charge on any atom is 0.389 e. The molecule has 0 unspecified atom stereocenters. The number of nitrogens with two attached hydrogens (primary N) is 1. The minimum absolute atomic E-state index is 0.0176. The molecule has 0 saturated carbocycles. The van der Waals surface area contributed by atoms with Gasteiger partial charge in [0.1, 0.15) is 4.88 Å². The number of carbonyl (C=O) groups excluding carboxylic acids is 1. The third kappa shape index (κ3) is 5.08. The molecule has 0 radical (unpaired) electrons. The second kappa shape index (κ2) is 5.90. The molecule has 0 aliphatic carbocycles. The molecular weight excluding hydrogens is 253 g/mol. The van der Waals surface area contributed by atoms with Gasteiger partial charge in [0.15, 0.2) is 0 Å². The molecule has 0 atom stereocenters. The lowest BCUT2D eigenvalue weighted by Crippen LogP contribution is -2.24. The second-order valence-electron chi connectivity index (χ2n) is 3.53. The van der Waals surface area contributed by atoms with Crippen molar-refractivity contribution in [1.29, 1.82) is 0 Å². The van der Waals surface area contributed by atoms with Crippen molar-refractivity contribution in [3.8, 4) is 0 Å². The zero-order chi connectivity index (χ0) is 12.9. The van der Waals surface area contributed by atoms with E-state index in [9.17, 15) is 18.0 Å². The molecule has 3 N–H and O–H groups in total. The van der Waals surface area contributed by atoms with Gasteiger partial charge in [0, 0.05) is 13.0 Å². The average Bonchev–Trinajstić information content (AvgIpc) is 2.62. The number of unbranched alkanes of at least 4 members (excludes halogenated alkanes) is 1. The van der Waals surface area contributed by atoms with E-state index in [0.717, 1.165) is 0 Å². The summed E-state index contributed by atoms with van der Waals surface area (Å²) in [6.45, 7) is 0.228. The summed E-state index contributed by atoms with van der Waals surface area (Å²) in [5, 5.41) is 4.22. The van der Waals surface area contributed by atoms with Gasteiger partial charge in [-0.25, -0.2) is 0 Å². The zero-order valence-corrected chi connectivity index (χ0v) is 9.83. The molecule has 1 aromatic heterocycles. The third-order valence-corrected chi connectivity index (χ3v) is 3.00. The maximum absolute atomic E-state index is 11.8. The summed E-state index contributed by atoms with van der Waals surface area (Å²) >= 11 is 1.21. The molecule has 1 aromatic rings. The SMILES string of the molecule is Nc1ccsc1C(=O)NCCCCC(F)(F)F. The molecule has 3 nitrogen and oxygen atoms in total. The molecule has 0 aliphatic rings. The average molecular weight is 266 g/mol. The van der Waals surface area contributed by atoms with Crippen molar-refractivity contribution in [1.82, 2.24) is 5.32 Å². The van der Waals surface area contributed by atoms with Crippen molar-refractivity contribution in [2.45, 2.75) is 25.4 Å². The van der Waals surface area contributed by atoms with E-state index >= 15 is 0 Å². The molecule has 17 heavy (non-hydrogen) atoms. The first kappa shape index (κ1) is 13.8. The second-order valence-corrected chi connectivity index (χ2v) is 4.45. The molecule has 0 aliphatic heterocycles. The van der Waals surface area contributed by atoms with Crippen molar-refractivity contribution in [3.63, 3.8) is 0 Å². The van der Waals surface area contributed by atoms with E-state index in [1.807, 2.05) is 0 Å². The highest BCUT2D eigenvalue weighted by atomic mass is 32.1. The van der Waals surface area contributed by atoms with Gasteiger partial charge in [0.25, 0.3) is 5.91 Å². The Morgan fingerprint density at radius 3 is 2.65 bits per heavy atom. The number of alkyl halides is 3. The smallest absolute Gasteiger partial charge is 0.389 e. The van der Waals surface area contributed by atoms with E-state index in [-0.39, 0.29) is 18.9 Å². The lowest BCUT2D eigenvalue weighted by atomic mass is 10.2. The van der Waals surface area contributed by atoms with Crippen LogP contribution in [0.25, 0.3) is 0 Å². The summed E-state index contributed by atoms with van der Waals surface area (Å²) in [4.78, 5) is 11.9. The highest BCUT2D eigenvalue weighted by molar-refractivity contribution is 7.12. The van der Waals surface area contributed by atoms with Gasteiger partial charge in [-0.05, 0) is 24.3 Å². The lowest BCUT2D eigenvalue weighted by Gasteiger charge is -2.06. The first-order valence-corrected chi connectivity index (χ1v) is 5.96. The Morgan fingerprint density at radius 1 is 1.41 bits per heavy atom. The van der Waals surface area contributed by atoms with Crippen molar-refractivity contribution in [2.24, 2.45) is 0 Å². The molecule has 0 saturated heterocycles. The summed E-state index contributed by atoms with van der Waals surface area (Å²) in [5.41, 5.74) is 5.92. The third-order valence-electron chi connectivity index (χ3n) is 2.07. The maximum atomic E-state index is 11.8. The van der Waals surface area contributed by atoms with Crippen molar-refractivity contribution in [2.75, 3.05) is 12.3 Å². The quantitative estimate of drug-likeness (QED) is 0.805. The summed E-state index contributed by atoms with van der Waals surface area (Å²) in [6.07, 6.45) is -4.62. The fourth-order valence-electron chi connectivity index (χ4n) is 1.24. The molecule has 7 heteroatoms. The largest absolute Gasteiger partial charge is 0.397 e. The molecule has 0 bridgehead atoms. The van der Waals surface area contributed by atoms with Gasteiger partial charge < -0.3 is 11.1 Å². The van der Waals surface area contributed by atoms with Crippen molar-refractivity contribution in [3.05, 3.63) is 16.3 Å². The predicted octanol–water partition coefficient (Wildman–Crippen LogP) is 2.79. The van der Waals surface area contributed by atoms with E-state index in [0.29, 0.717) is 17.0 Å². The number of halogens is 3. The molecule has 0 spiro atoms. The summed E-state index contributed by atoms with van der Waals surface area (Å²) in [5.74, 6) is -0.329. The predicted molar refractivity (Wildman–Crippen MR) is 61.0 cm³/mol. The van der Waals surface area contributed by atoms with Gasteiger partial charge in [-0.2, -0.15) is 13.2 Å². The number of rotatable bonds is 5. The summed E-state index contributed by atoms with van der Waals surface area (Å²) < 4.78 is 35.4. The molecule has 1 rings (SSSR count). The number of anilines is 1. The van der Waals surface area contributed by atoms with Crippen LogP contribution < -0.4 is 11.1 Å². The minimum atomic E-state index is -4.12. The van der Waals surface area contributed by atoms with Crippen LogP contribution in [0.3, 0.4) is 0 Å². The first-order chi connectivity index (χ1) is 7.90. The topological polar surface area (TPSA) is 55.1 Å². The van der Waals surface area contributed by atoms with Gasteiger partial charge >= 0.3 is 6.18 Å². The Hall–Kier alpha value is -1.24. The molecule has 0 aromatic carbocycles. The fourth-order valence-corrected chi connectivity index (χ4v) is 1.97. The van der Waals surface area contributed by atoms with E-state index < -0.39 is 12.6 Å². The molecule has 96 valence electrons. The van der Waals surface area contributed by atoms with Crippen LogP contribution in [-0.2, 0) is 0 Å². The Kier molecular flexibility index (Phi) is 4.80. The van der Waals surface area contributed by atoms with Crippen LogP contribution in [0.2, 0.25) is 0 Å². The van der Waals surface area contributed by atoms with Gasteiger partial charge in [0.05, 0.1) is 5.69 Å². The molecule has 0 fully saturated rings. The van der Waals surface area contributed by atoms with Crippen LogP contribution in [0.5, 0.6) is 0 Å². The van der Waals surface area contributed by atoms with E-state index in [1.165, 1.54) is 11.3 Å². The highest BCUT2D eigenvalue weighted by Crippen LogP contribution is 2.22. The normalized spacial score (nSPS) is 11.5. The summed E-state index contributed by atoms with van der Waals surface area (Å²) in [7, 11) is 0. The Bertz CT molecular complexity index is 376. The van der Waals surface area contributed by atoms with Crippen LogP contribution >= 0.6 is 11.3 Å². The Labute approximate surface area is 101 Å². The van der Waals surface area contributed by atoms with E-state index in [1.54, 1.807) is 11.4 Å².